The van der Waals surface area contributed by atoms with E-state index in [0.29, 0.717) is 41.8 Å². The van der Waals surface area contributed by atoms with Crippen LogP contribution in [0.15, 0.2) is 0 Å². The van der Waals surface area contributed by atoms with E-state index in [0.717, 1.165) is 25.7 Å². The van der Waals surface area contributed by atoms with Crippen molar-refractivity contribution in [3.63, 3.8) is 0 Å². The summed E-state index contributed by atoms with van der Waals surface area (Å²) >= 11 is 0. The first-order valence-electron chi connectivity index (χ1n) is 12.6. The molecule has 3 saturated heterocycles. The van der Waals surface area contributed by atoms with Crippen LogP contribution < -0.4 is 10.6 Å². The minimum Gasteiger partial charge on any atom is -0.365 e. The minimum absolute atomic E-state index is 0.0115. The van der Waals surface area contributed by atoms with Crippen LogP contribution in [0.2, 0.25) is 0 Å². The van der Waals surface area contributed by atoms with Crippen LogP contribution in [0.3, 0.4) is 0 Å². The summed E-state index contributed by atoms with van der Waals surface area (Å²) in [5.74, 6) is 2.53. The largest absolute Gasteiger partial charge is 0.365 e. The molecule has 6 nitrogen and oxygen atoms in total. The normalized spacial score (nSPS) is 43.6. The van der Waals surface area contributed by atoms with Crippen LogP contribution in [-0.2, 0) is 14.3 Å². The molecule has 0 bridgehead atoms. The average Bonchev–Trinajstić information content (AvgIpc) is 3.06. The Bertz CT molecular complexity index is 683. The average molecular weight is 419 g/mol. The van der Waals surface area contributed by atoms with E-state index >= 15 is 0 Å². The van der Waals surface area contributed by atoms with E-state index in [9.17, 15) is 9.59 Å². The van der Waals surface area contributed by atoms with Crippen LogP contribution in [0.1, 0.15) is 72.1 Å². The predicted octanol–water partition coefficient (Wildman–Crippen LogP) is 1.44. The minimum atomic E-state index is -0.408. The molecule has 3 aliphatic heterocycles. The topological polar surface area (TPSA) is 75.2 Å². The molecule has 9 atom stereocenters. The van der Waals surface area contributed by atoms with Crippen molar-refractivity contribution < 1.29 is 19.6 Å². The number of nitrogens with one attached hydrogen (secondary N) is 1. The van der Waals surface area contributed by atoms with Crippen molar-refractivity contribution >= 4 is 11.8 Å². The van der Waals surface area contributed by atoms with Crippen LogP contribution in [0.25, 0.3) is 0 Å². The van der Waals surface area contributed by atoms with E-state index in [4.69, 9.17) is 4.74 Å². The van der Waals surface area contributed by atoms with E-state index in [2.05, 4.69) is 15.5 Å². The molecule has 8 unspecified atom stereocenters. The van der Waals surface area contributed by atoms with Gasteiger partial charge in [0.2, 0.25) is 11.8 Å². The van der Waals surface area contributed by atoms with E-state index in [1.165, 1.54) is 32.2 Å². The highest BCUT2D eigenvalue weighted by molar-refractivity contribution is 5.82. The molecule has 0 aromatic heterocycles. The maximum Gasteiger partial charge on any atom is 0.249 e. The van der Waals surface area contributed by atoms with Gasteiger partial charge in [-0.05, 0) is 64.7 Å². The molecule has 0 radical (unpaired) electrons. The van der Waals surface area contributed by atoms with Gasteiger partial charge < -0.3 is 20.3 Å². The van der Waals surface area contributed by atoms with Gasteiger partial charge in [0.15, 0.2) is 0 Å². The summed E-state index contributed by atoms with van der Waals surface area (Å²) in [6.07, 6.45) is 8.85. The maximum absolute atomic E-state index is 13.6. The van der Waals surface area contributed by atoms with Gasteiger partial charge >= 0.3 is 0 Å². The summed E-state index contributed by atoms with van der Waals surface area (Å²) in [5.41, 5.74) is 0. The fourth-order valence-electron chi connectivity index (χ4n) is 7.84. The molecule has 5 rings (SSSR count). The number of rotatable bonds is 4. The smallest absolute Gasteiger partial charge is 0.249 e. The Morgan fingerprint density at radius 3 is 2.67 bits per heavy atom. The molecule has 0 aromatic carbocycles. The van der Waals surface area contributed by atoms with Crippen LogP contribution in [0, 0.1) is 23.7 Å². The number of nitrogens with two attached hydrogens (primary N) is 1. The lowest BCUT2D eigenvalue weighted by Crippen LogP contribution is -2.98. The molecule has 2 amide bonds. The lowest BCUT2D eigenvalue weighted by atomic mass is 9.66. The molecule has 168 valence electrons. The second kappa shape index (κ2) is 8.09. The van der Waals surface area contributed by atoms with Crippen molar-refractivity contribution in [1.29, 1.82) is 0 Å². The SMILES string of the molecule is CC(C)NC(=O)[C@@H](C)OC1CCC2C(C1)C1CC[NH2+]C3C4CCCCC4C(=O)N2C13. The molecule has 3 N–H and O–H groups in total. The second-order valence-corrected chi connectivity index (χ2v) is 11.0. The molecule has 2 saturated carbocycles. The van der Waals surface area contributed by atoms with Gasteiger partial charge in [0, 0.05) is 30.3 Å². The van der Waals surface area contributed by atoms with Crippen molar-refractivity contribution in [2.45, 2.75) is 109 Å². The Kier molecular flexibility index (Phi) is 5.59. The number of hydrogen-bond donors (Lipinski definition) is 2. The summed E-state index contributed by atoms with van der Waals surface area (Å²) in [5, 5.41) is 5.56. The van der Waals surface area contributed by atoms with E-state index in [-0.39, 0.29) is 24.0 Å². The fraction of sp³-hybridized carbons (Fsp3) is 0.917. The zero-order chi connectivity index (χ0) is 21.0. The number of hydrogen-bond acceptors (Lipinski definition) is 3. The Morgan fingerprint density at radius 1 is 1.07 bits per heavy atom. The van der Waals surface area contributed by atoms with E-state index in [1.807, 2.05) is 20.8 Å². The van der Waals surface area contributed by atoms with Crippen LogP contribution >= 0.6 is 0 Å². The van der Waals surface area contributed by atoms with Gasteiger partial charge in [0.1, 0.15) is 12.1 Å². The van der Waals surface area contributed by atoms with Gasteiger partial charge in [-0.15, -0.1) is 0 Å². The fourth-order valence-corrected chi connectivity index (χ4v) is 7.84. The molecule has 5 fully saturated rings. The highest BCUT2D eigenvalue weighted by atomic mass is 16.5. The number of quaternary nitrogens is 1. The Hall–Kier alpha value is -1.14. The molecular formula is C24H40N3O3+. The van der Waals surface area contributed by atoms with Crippen LogP contribution in [-0.4, -0.2) is 59.6 Å². The van der Waals surface area contributed by atoms with Crippen molar-refractivity contribution in [1.82, 2.24) is 10.2 Å². The van der Waals surface area contributed by atoms with Gasteiger partial charge in [0.05, 0.1) is 18.7 Å². The molecule has 30 heavy (non-hydrogen) atoms. The molecule has 3 heterocycles. The second-order valence-electron chi connectivity index (χ2n) is 11.0. The molecule has 0 aromatic rings. The third-order valence-corrected chi connectivity index (χ3v) is 8.90. The van der Waals surface area contributed by atoms with Gasteiger partial charge in [-0.3, -0.25) is 9.59 Å². The highest BCUT2D eigenvalue weighted by Crippen LogP contribution is 2.52. The number of carbonyl (C=O) groups is 2. The van der Waals surface area contributed by atoms with Crippen LogP contribution in [0.5, 0.6) is 0 Å². The van der Waals surface area contributed by atoms with E-state index in [1.54, 1.807) is 0 Å². The zero-order valence-electron chi connectivity index (χ0n) is 18.9. The number of fused-ring (bicyclic) bond motifs is 5. The Morgan fingerprint density at radius 2 is 1.87 bits per heavy atom. The van der Waals surface area contributed by atoms with Crippen molar-refractivity contribution in [3.05, 3.63) is 0 Å². The predicted molar refractivity (Wildman–Crippen MR) is 114 cm³/mol. The molecular weight excluding hydrogens is 378 g/mol. The Labute approximate surface area is 180 Å². The van der Waals surface area contributed by atoms with Crippen molar-refractivity contribution in [2.75, 3.05) is 6.54 Å². The Balaban J connectivity index is 1.32. The summed E-state index contributed by atoms with van der Waals surface area (Å²) in [6, 6.07) is 1.60. The number of piperidine rings is 2. The lowest BCUT2D eigenvalue weighted by molar-refractivity contribution is -0.713. The monoisotopic (exact) mass is 418 g/mol. The number of nitrogens with zero attached hydrogens (tertiary/aromatic N) is 1. The molecule has 6 heteroatoms. The third-order valence-electron chi connectivity index (χ3n) is 8.90. The van der Waals surface area contributed by atoms with E-state index < -0.39 is 6.10 Å². The van der Waals surface area contributed by atoms with Gasteiger partial charge in [-0.1, -0.05) is 12.8 Å². The summed E-state index contributed by atoms with van der Waals surface area (Å²) in [6.45, 7) is 7.05. The highest BCUT2D eigenvalue weighted by Gasteiger charge is 2.63. The quantitative estimate of drug-likeness (QED) is 0.725. The first kappa shape index (κ1) is 20.7. The first-order valence-corrected chi connectivity index (χ1v) is 12.6. The van der Waals surface area contributed by atoms with Crippen LogP contribution in [0.4, 0.5) is 0 Å². The number of ether oxygens (including phenoxy) is 1. The summed E-state index contributed by atoms with van der Waals surface area (Å²) in [4.78, 5) is 28.3. The third kappa shape index (κ3) is 3.38. The standard InChI is InChI=1S/C24H39N3O3/c1-13(2)26-23(28)14(3)30-15-8-9-20-19(12-15)17-10-11-25-21-16-6-4-5-7-18(16)24(29)27(20)22(17)21/h13-22,25H,4-12H2,1-3H3,(H,26,28)/p+1/t14-,15?,16?,17?,18?,19?,20?,21?,22?/m1/s1. The van der Waals surface area contributed by atoms with Gasteiger partial charge in [-0.25, -0.2) is 0 Å². The lowest BCUT2D eigenvalue weighted by Gasteiger charge is -2.50. The van der Waals surface area contributed by atoms with Gasteiger partial charge in [0.25, 0.3) is 0 Å². The number of amides is 2. The maximum atomic E-state index is 13.6. The van der Waals surface area contributed by atoms with Crippen molar-refractivity contribution in [3.8, 4) is 0 Å². The summed E-state index contributed by atoms with van der Waals surface area (Å²) in [7, 11) is 0. The molecule has 0 spiro atoms. The molecule has 5 aliphatic rings. The summed E-state index contributed by atoms with van der Waals surface area (Å²) < 4.78 is 6.25. The molecule has 2 aliphatic carbocycles. The first-order chi connectivity index (χ1) is 14.5. The zero-order valence-corrected chi connectivity index (χ0v) is 18.9. The van der Waals surface area contributed by atoms with Gasteiger partial charge in [-0.2, -0.15) is 0 Å². The van der Waals surface area contributed by atoms with Crippen molar-refractivity contribution in [2.24, 2.45) is 23.7 Å². The number of carbonyl (C=O) groups excluding carboxylic acids is 2.